The van der Waals surface area contributed by atoms with Crippen LogP contribution in [0, 0.1) is 3.57 Å². The number of phenolic OH excluding ortho intramolecular Hbond substituents is 1. The van der Waals surface area contributed by atoms with Gasteiger partial charge < -0.3 is 9.63 Å². The van der Waals surface area contributed by atoms with E-state index in [2.05, 4.69) is 32.7 Å². The van der Waals surface area contributed by atoms with Gasteiger partial charge in [-0.25, -0.2) is 0 Å². The Balaban J connectivity index is 2.46. The van der Waals surface area contributed by atoms with Crippen molar-refractivity contribution in [2.45, 2.75) is 19.8 Å². The van der Waals surface area contributed by atoms with Crippen LogP contribution >= 0.6 is 22.6 Å². The molecule has 1 aromatic heterocycles. The van der Waals surface area contributed by atoms with Crippen molar-refractivity contribution in [3.05, 3.63) is 27.6 Å². The molecule has 0 unspecified atom stereocenters. The van der Waals surface area contributed by atoms with Crippen molar-refractivity contribution in [1.82, 2.24) is 10.1 Å². The van der Waals surface area contributed by atoms with Gasteiger partial charge in [-0.1, -0.05) is 19.0 Å². The Morgan fingerprint density at radius 3 is 2.75 bits per heavy atom. The SMILES string of the molecule is CC(C)c1noc(-c2cc(I)ccc2O)n1. The minimum absolute atomic E-state index is 0.152. The normalized spacial score (nSPS) is 11.0. The molecule has 0 saturated heterocycles. The molecule has 0 saturated carbocycles. The van der Waals surface area contributed by atoms with Gasteiger partial charge in [-0.2, -0.15) is 4.98 Å². The molecule has 0 spiro atoms. The van der Waals surface area contributed by atoms with Gasteiger partial charge in [0.25, 0.3) is 5.89 Å². The highest BCUT2D eigenvalue weighted by Gasteiger charge is 2.14. The average molecular weight is 330 g/mol. The van der Waals surface area contributed by atoms with Crippen molar-refractivity contribution >= 4 is 22.6 Å². The summed E-state index contributed by atoms with van der Waals surface area (Å²) in [5, 5.41) is 13.6. The molecule has 2 aromatic rings. The highest BCUT2D eigenvalue weighted by atomic mass is 127. The molecular formula is C11H11IN2O2. The number of halogens is 1. The maximum atomic E-state index is 9.71. The third-order valence-corrected chi connectivity index (χ3v) is 2.82. The summed E-state index contributed by atoms with van der Waals surface area (Å²) < 4.78 is 6.13. The summed E-state index contributed by atoms with van der Waals surface area (Å²) >= 11 is 2.17. The first-order chi connectivity index (χ1) is 7.58. The van der Waals surface area contributed by atoms with E-state index in [0.717, 1.165) is 3.57 Å². The number of aromatic hydroxyl groups is 1. The lowest BCUT2D eigenvalue weighted by atomic mass is 10.2. The fourth-order valence-electron chi connectivity index (χ4n) is 1.26. The van der Waals surface area contributed by atoms with E-state index >= 15 is 0 Å². The third-order valence-electron chi connectivity index (χ3n) is 2.15. The zero-order valence-electron chi connectivity index (χ0n) is 8.94. The summed E-state index contributed by atoms with van der Waals surface area (Å²) in [4.78, 5) is 4.24. The molecule has 2 rings (SSSR count). The first-order valence-electron chi connectivity index (χ1n) is 4.90. The molecule has 16 heavy (non-hydrogen) atoms. The first kappa shape index (κ1) is 11.4. The van der Waals surface area contributed by atoms with Crippen molar-refractivity contribution in [3.63, 3.8) is 0 Å². The number of aromatic nitrogens is 2. The molecular weight excluding hydrogens is 319 g/mol. The van der Waals surface area contributed by atoms with E-state index < -0.39 is 0 Å². The lowest BCUT2D eigenvalue weighted by Gasteiger charge is -1.99. The van der Waals surface area contributed by atoms with E-state index in [1.165, 1.54) is 0 Å². The zero-order chi connectivity index (χ0) is 11.7. The number of hydrogen-bond acceptors (Lipinski definition) is 4. The average Bonchev–Trinajstić information content (AvgIpc) is 2.70. The van der Waals surface area contributed by atoms with Crippen molar-refractivity contribution < 1.29 is 9.63 Å². The Morgan fingerprint density at radius 1 is 1.38 bits per heavy atom. The van der Waals surface area contributed by atoms with Gasteiger partial charge in [-0.05, 0) is 40.8 Å². The number of hydrogen-bond donors (Lipinski definition) is 1. The van der Waals surface area contributed by atoms with Crippen LogP contribution in [0.4, 0.5) is 0 Å². The van der Waals surface area contributed by atoms with Crippen LogP contribution in [-0.4, -0.2) is 15.2 Å². The molecule has 0 aliphatic heterocycles. The number of rotatable bonds is 2. The van der Waals surface area contributed by atoms with Crippen LogP contribution in [0.15, 0.2) is 22.7 Å². The van der Waals surface area contributed by atoms with Gasteiger partial charge in [0.1, 0.15) is 5.75 Å². The molecule has 4 nitrogen and oxygen atoms in total. The van der Waals surface area contributed by atoms with Gasteiger partial charge in [0, 0.05) is 9.49 Å². The molecule has 0 atom stereocenters. The van der Waals surface area contributed by atoms with Crippen LogP contribution < -0.4 is 0 Å². The highest BCUT2D eigenvalue weighted by Crippen LogP contribution is 2.29. The summed E-state index contributed by atoms with van der Waals surface area (Å²) in [6.07, 6.45) is 0. The Morgan fingerprint density at radius 2 is 2.12 bits per heavy atom. The van der Waals surface area contributed by atoms with E-state index in [1.54, 1.807) is 6.07 Å². The van der Waals surface area contributed by atoms with Crippen LogP contribution in [0.2, 0.25) is 0 Å². The van der Waals surface area contributed by atoms with Crippen LogP contribution in [0.25, 0.3) is 11.5 Å². The number of phenols is 1. The molecule has 1 aromatic carbocycles. The summed E-state index contributed by atoms with van der Waals surface area (Å²) in [5.74, 6) is 1.37. The monoisotopic (exact) mass is 330 g/mol. The molecule has 0 amide bonds. The molecule has 5 heteroatoms. The van der Waals surface area contributed by atoms with Gasteiger partial charge in [-0.3, -0.25) is 0 Å². The third kappa shape index (κ3) is 2.18. The fraction of sp³-hybridized carbons (Fsp3) is 0.273. The minimum Gasteiger partial charge on any atom is -0.507 e. The van der Waals surface area contributed by atoms with Gasteiger partial charge in [0.2, 0.25) is 0 Å². The molecule has 0 fully saturated rings. The quantitative estimate of drug-likeness (QED) is 0.860. The topological polar surface area (TPSA) is 59.2 Å². The maximum Gasteiger partial charge on any atom is 0.261 e. The van der Waals surface area contributed by atoms with Crippen LogP contribution in [0.3, 0.4) is 0 Å². The molecule has 0 aliphatic carbocycles. The summed E-state index contributed by atoms with van der Waals surface area (Å²) in [6, 6.07) is 5.25. The van der Waals surface area contributed by atoms with Crippen molar-refractivity contribution in [2.24, 2.45) is 0 Å². The van der Waals surface area contributed by atoms with Gasteiger partial charge in [0.05, 0.1) is 5.56 Å². The predicted molar refractivity (Wildman–Crippen MR) is 68.2 cm³/mol. The van der Waals surface area contributed by atoms with Crippen molar-refractivity contribution in [2.75, 3.05) is 0 Å². The standard InChI is InChI=1S/C11H11IN2O2/c1-6(2)10-13-11(16-14-10)8-5-7(12)3-4-9(8)15/h3-6,15H,1-2H3. The van der Waals surface area contributed by atoms with Crippen LogP contribution in [0.5, 0.6) is 5.75 Å². The molecule has 0 radical (unpaired) electrons. The van der Waals surface area contributed by atoms with E-state index in [1.807, 2.05) is 26.0 Å². The number of nitrogens with zero attached hydrogens (tertiary/aromatic N) is 2. The van der Waals surface area contributed by atoms with Gasteiger partial charge in [-0.15, -0.1) is 0 Å². The second-order valence-electron chi connectivity index (χ2n) is 3.77. The second kappa shape index (κ2) is 4.40. The molecule has 1 N–H and O–H groups in total. The van der Waals surface area contributed by atoms with Crippen molar-refractivity contribution in [1.29, 1.82) is 0 Å². The van der Waals surface area contributed by atoms with Gasteiger partial charge in [0.15, 0.2) is 5.82 Å². The van der Waals surface area contributed by atoms with E-state index in [-0.39, 0.29) is 11.7 Å². The van der Waals surface area contributed by atoms with E-state index in [9.17, 15) is 5.11 Å². The Kier molecular flexibility index (Phi) is 3.13. The molecule has 0 aliphatic rings. The fourth-order valence-corrected chi connectivity index (χ4v) is 1.75. The lowest BCUT2D eigenvalue weighted by molar-refractivity contribution is 0.414. The van der Waals surface area contributed by atoms with Crippen LogP contribution in [-0.2, 0) is 0 Å². The molecule has 84 valence electrons. The Hall–Kier alpha value is -1.11. The van der Waals surface area contributed by atoms with E-state index in [4.69, 9.17) is 4.52 Å². The smallest absolute Gasteiger partial charge is 0.261 e. The second-order valence-corrected chi connectivity index (χ2v) is 5.02. The molecule has 0 bridgehead atoms. The summed E-state index contributed by atoms with van der Waals surface area (Å²) in [6.45, 7) is 3.98. The predicted octanol–water partition coefficient (Wildman–Crippen LogP) is 3.17. The largest absolute Gasteiger partial charge is 0.507 e. The Bertz CT molecular complexity index is 508. The highest BCUT2D eigenvalue weighted by molar-refractivity contribution is 14.1. The minimum atomic E-state index is 0.152. The summed E-state index contributed by atoms with van der Waals surface area (Å²) in [7, 11) is 0. The van der Waals surface area contributed by atoms with Crippen LogP contribution in [0.1, 0.15) is 25.6 Å². The lowest BCUT2D eigenvalue weighted by Crippen LogP contribution is -1.89. The molecule has 1 heterocycles. The van der Waals surface area contributed by atoms with E-state index in [0.29, 0.717) is 17.3 Å². The van der Waals surface area contributed by atoms with Crippen molar-refractivity contribution in [3.8, 4) is 17.2 Å². The zero-order valence-corrected chi connectivity index (χ0v) is 11.1. The summed E-state index contributed by atoms with van der Waals surface area (Å²) in [5.41, 5.74) is 0.575. The maximum absolute atomic E-state index is 9.71. The van der Waals surface area contributed by atoms with Gasteiger partial charge >= 0.3 is 0 Å². The Labute approximate surface area is 107 Å². The first-order valence-corrected chi connectivity index (χ1v) is 5.98. The number of benzene rings is 1.